The van der Waals surface area contributed by atoms with E-state index in [2.05, 4.69) is 56.5 Å². The SMILES string of the molecule is CC(C)(C)[Si](C)(C)OCCC1(CCCI)OCCO1. The molecule has 3 nitrogen and oxygen atoms in total. The summed E-state index contributed by atoms with van der Waals surface area (Å²) in [5, 5.41) is 0.264. The third kappa shape index (κ3) is 5.26. The Morgan fingerprint density at radius 3 is 2.21 bits per heavy atom. The van der Waals surface area contributed by atoms with Crippen molar-refractivity contribution in [3.8, 4) is 0 Å². The van der Waals surface area contributed by atoms with Gasteiger partial charge in [0.25, 0.3) is 0 Å². The van der Waals surface area contributed by atoms with Gasteiger partial charge in [0.2, 0.25) is 0 Å². The summed E-state index contributed by atoms with van der Waals surface area (Å²) in [6.45, 7) is 13.6. The standard InChI is InChI=1S/C14H29IO3Si/c1-13(2,3)19(4,5)18-10-8-14(7-6-9-15)16-11-12-17-14/h6-12H2,1-5H3. The Kier molecular flexibility index (Phi) is 6.77. The lowest BCUT2D eigenvalue weighted by Crippen LogP contribution is -2.42. The lowest BCUT2D eigenvalue weighted by atomic mass is 10.1. The molecule has 0 amide bonds. The first-order valence-corrected chi connectivity index (χ1v) is 11.6. The second-order valence-electron chi connectivity index (χ2n) is 6.76. The number of alkyl halides is 1. The van der Waals surface area contributed by atoms with E-state index in [9.17, 15) is 0 Å². The van der Waals surface area contributed by atoms with Crippen LogP contribution < -0.4 is 0 Å². The molecule has 19 heavy (non-hydrogen) atoms. The van der Waals surface area contributed by atoms with Crippen molar-refractivity contribution in [1.82, 2.24) is 0 Å². The van der Waals surface area contributed by atoms with E-state index >= 15 is 0 Å². The van der Waals surface area contributed by atoms with Crippen molar-refractivity contribution in [3.05, 3.63) is 0 Å². The molecule has 0 atom stereocenters. The molecular weight excluding hydrogens is 371 g/mol. The monoisotopic (exact) mass is 400 g/mol. The van der Waals surface area contributed by atoms with Gasteiger partial charge in [0.15, 0.2) is 14.1 Å². The summed E-state index contributed by atoms with van der Waals surface area (Å²) in [7, 11) is -1.65. The van der Waals surface area contributed by atoms with E-state index in [1.54, 1.807) is 0 Å². The summed E-state index contributed by atoms with van der Waals surface area (Å²) in [4.78, 5) is 0. The number of hydrogen-bond acceptors (Lipinski definition) is 3. The van der Waals surface area contributed by atoms with Gasteiger partial charge in [0.1, 0.15) is 0 Å². The van der Waals surface area contributed by atoms with Gasteiger partial charge < -0.3 is 13.9 Å². The van der Waals surface area contributed by atoms with Crippen molar-refractivity contribution in [1.29, 1.82) is 0 Å². The third-order valence-electron chi connectivity index (χ3n) is 4.26. The summed E-state index contributed by atoms with van der Waals surface area (Å²) < 4.78 is 19.1. The molecule has 1 fully saturated rings. The van der Waals surface area contributed by atoms with Gasteiger partial charge in [-0.25, -0.2) is 0 Å². The Bertz CT molecular complexity index is 270. The maximum Gasteiger partial charge on any atom is 0.191 e. The first-order chi connectivity index (χ1) is 8.72. The van der Waals surface area contributed by atoms with E-state index in [1.807, 2.05) is 0 Å². The molecule has 1 aliphatic heterocycles. The van der Waals surface area contributed by atoms with E-state index in [0.29, 0.717) is 0 Å². The normalized spacial score (nSPS) is 19.9. The van der Waals surface area contributed by atoms with Gasteiger partial charge in [-0.15, -0.1) is 0 Å². The maximum atomic E-state index is 6.24. The molecule has 0 N–H and O–H groups in total. The molecule has 0 saturated carbocycles. The number of ether oxygens (including phenoxy) is 2. The summed E-state index contributed by atoms with van der Waals surface area (Å²) in [6, 6.07) is 0. The molecule has 0 spiro atoms. The Hall–Kier alpha value is 0.827. The fraction of sp³-hybridized carbons (Fsp3) is 1.00. The zero-order valence-electron chi connectivity index (χ0n) is 13.1. The molecule has 0 aromatic carbocycles. The van der Waals surface area contributed by atoms with E-state index in [-0.39, 0.29) is 10.8 Å². The Morgan fingerprint density at radius 1 is 1.16 bits per heavy atom. The third-order valence-corrected chi connectivity index (χ3v) is 9.56. The van der Waals surface area contributed by atoms with Gasteiger partial charge in [-0.3, -0.25) is 0 Å². The van der Waals surface area contributed by atoms with Gasteiger partial charge in [-0.05, 0) is 29.0 Å². The van der Waals surface area contributed by atoms with E-state index in [4.69, 9.17) is 13.9 Å². The number of hydrogen-bond donors (Lipinski definition) is 0. The van der Waals surface area contributed by atoms with Crippen LogP contribution in [0.1, 0.15) is 40.0 Å². The zero-order valence-corrected chi connectivity index (χ0v) is 16.2. The van der Waals surface area contributed by atoms with Crippen LogP contribution in [0.3, 0.4) is 0 Å². The molecule has 1 saturated heterocycles. The van der Waals surface area contributed by atoms with Crippen LogP contribution in [-0.2, 0) is 13.9 Å². The molecule has 1 aliphatic rings. The highest BCUT2D eigenvalue weighted by molar-refractivity contribution is 14.1. The summed E-state index contributed by atoms with van der Waals surface area (Å²) >= 11 is 2.41. The van der Waals surface area contributed by atoms with Crippen molar-refractivity contribution in [2.45, 2.75) is 64.0 Å². The summed E-state index contributed by atoms with van der Waals surface area (Å²) in [5.74, 6) is -0.368. The van der Waals surface area contributed by atoms with E-state index in [1.165, 1.54) is 0 Å². The van der Waals surface area contributed by atoms with Crippen LogP contribution in [0.2, 0.25) is 18.1 Å². The molecule has 0 unspecified atom stereocenters. The minimum absolute atomic E-state index is 0.264. The highest BCUT2D eigenvalue weighted by Crippen LogP contribution is 2.37. The molecule has 1 rings (SSSR count). The lowest BCUT2D eigenvalue weighted by Gasteiger charge is -2.37. The smallest absolute Gasteiger partial charge is 0.191 e. The Balaban J connectivity index is 2.45. The van der Waals surface area contributed by atoms with Crippen molar-refractivity contribution >= 4 is 30.9 Å². The van der Waals surface area contributed by atoms with Crippen LogP contribution in [0.4, 0.5) is 0 Å². The topological polar surface area (TPSA) is 27.7 Å². The first kappa shape index (κ1) is 17.9. The highest BCUT2D eigenvalue weighted by Gasteiger charge is 2.39. The van der Waals surface area contributed by atoms with Crippen molar-refractivity contribution < 1.29 is 13.9 Å². The average Bonchev–Trinajstić information content (AvgIpc) is 2.74. The van der Waals surface area contributed by atoms with Crippen molar-refractivity contribution in [3.63, 3.8) is 0 Å². The molecule has 0 bridgehead atoms. The zero-order chi connectivity index (χ0) is 14.6. The van der Waals surface area contributed by atoms with Gasteiger partial charge in [-0.2, -0.15) is 0 Å². The predicted molar refractivity (Wildman–Crippen MR) is 90.5 cm³/mol. The van der Waals surface area contributed by atoms with Crippen molar-refractivity contribution in [2.75, 3.05) is 24.2 Å². The first-order valence-electron chi connectivity index (χ1n) is 7.20. The van der Waals surface area contributed by atoms with Crippen LogP contribution in [0.5, 0.6) is 0 Å². The van der Waals surface area contributed by atoms with Crippen molar-refractivity contribution in [2.24, 2.45) is 0 Å². The molecule has 1 heterocycles. The minimum Gasteiger partial charge on any atom is -0.417 e. The fourth-order valence-electron chi connectivity index (χ4n) is 1.93. The molecule has 5 heteroatoms. The van der Waals surface area contributed by atoms with Crippen LogP contribution >= 0.6 is 22.6 Å². The van der Waals surface area contributed by atoms with Gasteiger partial charge in [0.05, 0.1) is 13.2 Å². The molecule has 0 aromatic rings. The summed E-state index contributed by atoms with van der Waals surface area (Å²) in [6.07, 6.45) is 2.98. The number of halogens is 1. The quantitative estimate of drug-likeness (QED) is 0.361. The van der Waals surface area contributed by atoms with Crippen LogP contribution in [0.25, 0.3) is 0 Å². The maximum absolute atomic E-state index is 6.24. The molecule has 114 valence electrons. The second kappa shape index (κ2) is 7.20. The van der Waals surface area contributed by atoms with Crippen LogP contribution in [0.15, 0.2) is 0 Å². The van der Waals surface area contributed by atoms with E-state index < -0.39 is 8.32 Å². The summed E-state index contributed by atoms with van der Waals surface area (Å²) in [5.41, 5.74) is 0. The van der Waals surface area contributed by atoms with Gasteiger partial charge in [0, 0.05) is 19.4 Å². The van der Waals surface area contributed by atoms with E-state index in [0.717, 1.165) is 43.5 Å². The largest absolute Gasteiger partial charge is 0.417 e. The van der Waals surface area contributed by atoms with Gasteiger partial charge in [-0.1, -0.05) is 43.4 Å². The fourth-order valence-corrected chi connectivity index (χ4v) is 3.35. The molecular formula is C14H29IO3Si. The molecule has 0 radical (unpaired) electrons. The molecule has 0 aromatic heterocycles. The second-order valence-corrected chi connectivity index (χ2v) is 12.6. The van der Waals surface area contributed by atoms with Gasteiger partial charge >= 0.3 is 0 Å². The average molecular weight is 400 g/mol. The highest BCUT2D eigenvalue weighted by atomic mass is 127. The Labute approximate surface area is 133 Å². The molecule has 0 aliphatic carbocycles. The van der Waals surface area contributed by atoms with Crippen LogP contribution in [-0.4, -0.2) is 38.4 Å². The number of rotatable bonds is 7. The Morgan fingerprint density at radius 2 is 1.74 bits per heavy atom. The van der Waals surface area contributed by atoms with Crippen LogP contribution in [0, 0.1) is 0 Å². The minimum atomic E-state index is -1.65. The lowest BCUT2D eigenvalue weighted by molar-refractivity contribution is -0.171. The predicted octanol–water partition coefficient (Wildman–Crippen LogP) is 4.36.